The van der Waals surface area contributed by atoms with Crippen LogP contribution in [0.4, 0.5) is 11.8 Å². The Hall–Kier alpha value is -2.66. The molecule has 0 spiro atoms. The smallest absolute Gasteiger partial charge is 0.225 e. The first-order chi connectivity index (χ1) is 17.2. The van der Waals surface area contributed by atoms with E-state index in [1.165, 1.54) is 36.8 Å². The number of rotatable bonds is 9. The average Bonchev–Trinajstić information content (AvgIpc) is 2.84. The van der Waals surface area contributed by atoms with Gasteiger partial charge < -0.3 is 15.5 Å². The molecule has 5 heteroatoms. The lowest BCUT2D eigenvalue weighted by Crippen LogP contribution is -2.33. The lowest BCUT2D eigenvalue weighted by atomic mass is 9.85. The molecule has 0 radical (unpaired) electrons. The Morgan fingerprint density at radius 3 is 2.31 bits per heavy atom. The van der Waals surface area contributed by atoms with Crippen molar-refractivity contribution in [2.75, 3.05) is 37.4 Å². The van der Waals surface area contributed by atoms with Gasteiger partial charge in [-0.25, -0.2) is 4.98 Å². The van der Waals surface area contributed by atoms with Crippen LogP contribution in [-0.4, -0.2) is 43.2 Å². The van der Waals surface area contributed by atoms with Gasteiger partial charge in [0.1, 0.15) is 5.82 Å². The molecule has 4 rings (SSSR count). The number of aromatic nitrogens is 2. The topological polar surface area (TPSA) is 53.1 Å². The molecule has 3 aromatic rings. The summed E-state index contributed by atoms with van der Waals surface area (Å²) >= 11 is 0. The highest BCUT2D eigenvalue weighted by Crippen LogP contribution is 2.28. The SMILES string of the molecule is CC(CNCC1CCC(Nc2nc(N(C)C)c3ccccc3n2)CC1)Cc1ccc(C(C)(C)C)cc1. The van der Waals surface area contributed by atoms with E-state index in [1.54, 1.807) is 0 Å². The number of nitrogens with one attached hydrogen (secondary N) is 2. The molecule has 5 nitrogen and oxygen atoms in total. The summed E-state index contributed by atoms with van der Waals surface area (Å²) in [5.41, 5.74) is 4.07. The minimum absolute atomic E-state index is 0.220. The zero-order valence-corrected chi connectivity index (χ0v) is 23.1. The minimum Gasteiger partial charge on any atom is -0.362 e. The van der Waals surface area contributed by atoms with Crippen LogP contribution in [0.5, 0.6) is 0 Å². The molecular formula is C31H45N5. The van der Waals surface area contributed by atoms with Crippen LogP contribution in [-0.2, 0) is 11.8 Å². The monoisotopic (exact) mass is 487 g/mol. The molecule has 2 N–H and O–H groups in total. The van der Waals surface area contributed by atoms with E-state index in [1.807, 2.05) is 26.2 Å². The van der Waals surface area contributed by atoms with Crippen LogP contribution in [0.3, 0.4) is 0 Å². The van der Waals surface area contributed by atoms with Crippen LogP contribution in [0.15, 0.2) is 48.5 Å². The van der Waals surface area contributed by atoms with Crippen molar-refractivity contribution in [2.45, 2.75) is 71.3 Å². The Morgan fingerprint density at radius 2 is 1.64 bits per heavy atom. The Labute approximate surface area is 218 Å². The van der Waals surface area contributed by atoms with E-state index in [9.17, 15) is 0 Å². The van der Waals surface area contributed by atoms with Gasteiger partial charge in [0, 0.05) is 25.5 Å². The number of fused-ring (bicyclic) bond motifs is 1. The molecule has 0 amide bonds. The van der Waals surface area contributed by atoms with Crippen LogP contribution in [0, 0.1) is 11.8 Å². The fourth-order valence-electron chi connectivity index (χ4n) is 5.31. The van der Waals surface area contributed by atoms with Crippen molar-refractivity contribution in [2.24, 2.45) is 11.8 Å². The van der Waals surface area contributed by atoms with Crippen molar-refractivity contribution < 1.29 is 0 Å². The van der Waals surface area contributed by atoms with Crippen LogP contribution < -0.4 is 15.5 Å². The van der Waals surface area contributed by atoms with E-state index < -0.39 is 0 Å². The van der Waals surface area contributed by atoms with Crippen LogP contribution >= 0.6 is 0 Å². The molecule has 1 aromatic heterocycles. The summed E-state index contributed by atoms with van der Waals surface area (Å²) in [5, 5.41) is 8.50. The first-order valence-electron chi connectivity index (χ1n) is 13.7. The second-order valence-corrected chi connectivity index (χ2v) is 12.1. The van der Waals surface area contributed by atoms with Crippen LogP contribution in [0.2, 0.25) is 0 Å². The summed E-state index contributed by atoms with van der Waals surface area (Å²) in [4.78, 5) is 11.7. The molecule has 194 valence electrons. The minimum atomic E-state index is 0.220. The van der Waals surface area contributed by atoms with E-state index >= 15 is 0 Å². The van der Waals surface area contributed by atoms with Gasteiger partial charge in [-0.1, -0.05) is 64.1 Å². The summed E-state index contributed by atoms with van der Waals surface area (Å²) < 4.78 is 0. The van der Waals surface area contributed by atoms with E-state index in [2.05, 4.69) is 79.6 Å². The normalized spacial score (nSPS) is 19.3. The second-order valence-electron chi connectivity index (χ2n) is 12.1. The molecular weight excluding hydrogens is 442 g/mol. The van der Waals surface area contributed by atoms with E-state index in [0.29, 0.717) is 12.0 Å². The quantitative estimate of drug-likeness (QED) is 0.364. The summed E-state index contributed by atoms with van der Waals surface area (Å²) in [5.74, 6) is 3.12. The third-order valence-electron chi connectivity index (χ3n) is 7.52. The summed E-state index contributed by atoms with van der Waals surface area (Å²) in [6.07, 6.45) is 5.99. The fraction of sp³-hybridized carbons (Fsp3) is 0.548. The molecule has 0 bridgehead atoms. The van der Waals surface area contributed by atoms with Gasteiger partial charge in [-0.05, 0) is 85.7 Å². The van der Waals surface area contributed by atoms with Crippen molar-refractivity contribution >= 4 is 22.7 Å². The number of nitrogens with zero attached hydrogens (tertiary/aromatic N) is 3. The van der Waals surface area contributed by atoms with Gasteiger partial charge in [0.05, 0.1) is 5.52 Å². The van der Waals surface area contributed by atoms with E-state index in [4.69, 9.17) is 9.97 Å². The van der Waals surface area contributed by atoms with Gasteiger partial charge in [0.15, 0.2) is 0 Å². The van der Waals surface area contributed by atoms with Gasteiger partial charge in [0.2, 0.25) is 5.95 Å². The number of anilines is 2. The van der Waals surface area contributed by atoms with Gasteiger partial charge >= 0.3 is 0 Å². The zero-order chi connectivity index (χ0) is 25.7. The largest absolute Gasteiger partial charge is 0.362 e. The predicted molar refractivity (Wildman–Crippen MR) is 154 cm³/mol. The first-order valence-corrected chi connectivity index (χ1v) is 13.7. The maximum atomic E-state index is 4.82. The van der Waals surface area contributed by atoms with Gasteiger partial charge in [-0.2, -0.15) is 4.98 Å². The molecule has 1 saturated carbocycles. The highest BCUT2D eigenvalue weighted by Gasteiger charge is 2.22. The number of para-hydroxylation sites is 1. The van der Waals surface area contributed by atoms with E-state index in [0.717, 1.165) is 48.1 Å². The summed E-state index contributed by atoms with van der Waals surface area (Å²) in [6, 6.07) is 17.9. The summed E-state index contributed by atoms with van der Waals surface area (Å²) in [6.45, 7) is 11.4. The molecule has 1 atom stereocenters. The zero-order valence-electron chi connectivity index (χ0n) is 23.1. The van der Waals surface area contributed by atoms with Crippen molar-refractivity contribution in [1.29, 1.82) is 0 Å². The Bertz CT molecular complexity index is 1110. The van der Waals surface area contributed by atoms with Gasteiger partial charge in [-0.15, -0.1) is 0 Å². The predicted octanol–water partition coefficient (Wildman–Crippen LogP) is 6.43. The lowest BCUT2D eigenvalue weighted by Gasteiger charge is -2.30. The Kier molecular flexibility index (Phi) is 8.50. The molecule has 1 aliphatic rings. The van der Waals surface area contributed by atoms with Crippen LogP contribution in [0.25, 0.3) is 10.9 Å². The highest BCUT2D eigenvalue weighted by atomic mass is 15.2. The van der Waals surface area contributed by atoms with Gasteiger partial charge in [-0.3, -0.25) is 0 Å². The Balaban J connectivity index is 1.20. The van der Waals surface area contributed by atoms with E-state index in [-0.39, 0.29) is 5.41 Å². The maximum absolute atomic E-state index is 4.82. The van der Waals surface area contributed by atoms with Crippen molar-refractivity contribution in [3.05, 3.63) is 59.7 Å². The van der Waals surface area contributed by atoms with Gasteiger partial charge in [0.25, 0.3) is 0 Å². The molecule has 36 heavy (non-hydrogen) atoms. The molecule has 0 saturated heterocycles. The summed E-state index contributed by atoms with van der Waals surface area (Å²) in [7, 11) is 4.08. The molecule has 2 aromatic carbocycles. The maximum Gasteiger partial charge on any atom is 0.225 e. The third-order valence-corrected chi connectivity index (χ3v) is 7.52. The number of hydrogen-bond donors (Lipinski definition) is 2. The number of benzene rings is 2. The average molecular weight is 488 g/mol. The molecule has 1 unspecified atom stereocenters. The molecule has 1 heterocycles. The number of hydrogen-bond acceptors (Lipinski definition) is 5. The van der Waals surface area contributed by atoms with Crippen LogP contribution in [0.1, 0.15) is 64.5 Å². The third kappa shape index (κ3) is 6.97. The van der Waals surface area contributed by atoms with Crippen molar-refractivity contribution in [1.82, 2.24) is 15.3 Å². The highest BCUT2D eigenvalue weighted by molar-refractivity contribution is 5.90. The molecule has 0 aliphatic heterocycles. The second kappa shape index (κ2) is 11.6. The van der Waals surface area contributed by atoms with Crippen molar-refractivity contribution in [3.63, 3.8) is 0 Å². The standard InChI is InChI=1S/C31H45N5/c1-22(19-23-11-15-25(16-12-23)31(2,3)4)20-32-21-24-13-17-26(18-14-24)33-30-34-28-10-8-7-9-27(28)29(35-30)36(5)6/h7-12,15-16,22,24,26,32H,13-14,17-21H2,1-6H3,(H,33,34,35). The fourth-order valence-corrected chi connectivity index (χ4v) is 5.31. The van der Waals surface area contributed by atoms with Crippen molar-refractivity contribution in [3.8, 4) is 0 Å². The lowest BCUT2D eigenvalue weighted by molar-refractivity contribution is 0.318. The molecule has 1 aliphatic carbocycles. The molecule has 1 fully saturated rings. The first kappa shape index (κ1) is 26.4. The Morgan fingerprint density at radius 1 is 0.944 bits per heavy atom.